The molecule has 1 aliphatic rings. The van der Waals surface area contributed by atoms with E-state index in [1.54, 1.807) is 6.20 Å². The van der Waals surface area contributed by atoms with Crippen LogP contribution in [0.25, 0.3) is 0 Å². The number of piperazine rings is 1. The van der Waals surface area contributed by atoms with Gasteiger partial charge in [-0.2, -0.15) is 0 Å². The van der Waals surface area contributed by atoms with E-state index in [9.17, 15) is 9.59 Å². The smallest absolute Gasteiger partial charge is 0.253 e. The van der Waals surface area contributed by atoms with E-state index in [2.05, 4.69) is 29.0 Å². The Kier molecular flexibility index (Phi) is 8.13. The van der Waals surface area contributed by atoms with Crippen molar-refractivity contribution in [2.24, 2.45) is 5.92 Å². The molecule has 2 atom stereocenters. The number of anilines is 1. The number of pyridine rings is 1. The van der Waals surface area contributed by atoms with Crippen LogP contribution in [0.1, 0.15) is 56.0 Å². The van der Waals surface area contributed by atoms with Gasteiger partial charge in [-0.25, -0.2) is 4.98 Å². The molecule has 1 N–H and O–H groups in total. The molecule has 32 heavy (non-hydrogen) atoms. The minimum absolute atomic E-state index is 0.0937. The Hall–Kier alpha value is -2.60. The van der Waals surface area contributed by atoms with Crippen LogP contribution in [0.5, 0.6) is 0 Å². The first-order chi connectivity index (χ1) is 15.2. The standard InChI is InChI=1S/C25H33ClN4O2/c1-17(2)15-18(3)28-24(31)21-7-10-23(27-16-21)29-11-13-30(14-12-29)25(32)19(4)20-5-8-22(26)9-6-20/h5-10,16-19H,11-15H2,1-4H3,(H,28,31). The summed E-state index contributed by atoms with van der Waals surface area (Å²) in [6.45, 7) is 11.0. The monoisotopic (exact) mass is 456 g/mol. The summed E-state index contributed by atoms with van der Waals surface area (Å²) in [5.74, 6) is 1.19. The van der Waals surface area contributed by atoms with Crippen molar-refractivity contribution in [1.82, 2.24) is 15.2 Å². The lowest BCUT2D eigenvalue weighted by Gasteiger charge is -2.36. The van der Waals surface area contributed by atoms with Gasteiger partial charge in [-0.15, -0.1) is 0 Å². The molecule has 172 valence electrons. The van der Waals surface area contributed by atoms with Gasteiger partial charge in [0.1, 0.15) is 5.82 Å². The molecule has 0 spiro atoms. The van der Waals surface area contributed by atoms with Gasteiger partial charge in [0.25, 0.3) is 5.91 Å². The summed E-state index contributed by atoms with van der Waals surface area (Å²) in [5, 5.41) is 3.70. The number of hydrogen-bond donors (Lipinski definition) is 1. The molecule has 0 saturated carbocycles. The third kappa shape index (κ3) is 6.22. The Labute approximate surface area is 196 Å². The molecule has 1 aliphatic heterocycles. The SMILES string of the molecule is CC(C)CC(C)NC(=O)c1ccc(N2CCN(C(=O)C(C)c3ccc(Cl)cc3)CC2)nc1. The maximum Gasteiger partial charge on any atom is 0.253 e. The maximum absolute atomic E-state index is 12.9. The van der Waals surface area contributed by atoms with E-state index >= 15 is 0 Å². The molecular weight excluding hydrogens is 424 g/mol. The van der Waals surface area contributed by atoms with Crippen LogP contribution in [0.4, 0.5) is 5.82 Å². The van der Waals surface area contributed by atoms with E-state index in [-0.39, 0.29) is 23.8 Å². The van der Waals surface area contributed by atoms with Gasteiger partial charge in [0, 0.05) is 43.4 Å². The van der Waals surface area contributed by atoms with Crippen molar-refractivity contribution in [1.29, 1.82) is 0 Å². The number of halogens is 1. The summed E-state index contributed by atoms with van der Waals surface area (Å²) in [7, 11) is 0. The minimum Gasteiger partial charge on any atom is -0.353 e. The average Bonchev–Trinajstić information content (AvgIpc) is 2.78. The highest BCUT2D eigenvalue weighted by molar-refractivity contribution is 6.30. The molecule has 0 radical (unpaired) electrons. The Balaban J connectivity index is 1.53. The van der Waals surface area contributed by atoms with Gasteiger partial charge in [-0.05, 0) is 56.0 Å². The summed E-state index contributed by atoms with van der Waals surface area (Å²) in [6.07, 6.45) is 2.57. The second kappa shape index (κ2) is 10.8. The number of carbonyl (C=O) groups excluding carboxylic acids is 2. The van der Waals surface area contributed by atoms with Crippen molar-refractivity contribution in [2.75, 3.05) is 31.1 Å². The van der Waals surface area contributed by atoms with E-state index in [1.807, 2.05) is 55.1 Å². The molecule has 3 rings (SSSR count). The highest BCUT2D eigenvalue weighted by Gasteiger charge is 2.26. The van der Waals surface area contributed by atoms with E-state index in [0.29, 0.717) is 42.7 Å². The number of aromatic nitrogens is 1. The van der Waals surface area contributed by atoms with Crippen molar-refractivity contribution < 1.29 is 9.59 Å². The van der Waals surface area contributed by atoms with Crippen LogP contribution in [0.2, 0.25) is 5.02 Å². The number of benzene rings is 1. The van der Waals surface area contributed by atoms with Crippen molar-refractivity contribution in [2.45, 2.75) is 46.1 Å². The molecule has 1 fully saturated rings. The van der Waals surface area contributed by atoms with Crippen molar-refractivity contribution in [3.8, 4) is 0 Å². The van der Waals surface area contributed by atoms with Crippen LogP contribution in [-0.2, 0) is 4.79 Å². The van der Waals surface area contributed by atoms with Gasteiger partial charge in [-0.3, -0.25) is 9.59 Å². The second-order valence-electron chi connectivity index (χ2n) is 8.99. The number of amides is 2. The van der Waals surface area contributed by atoms with Gasteiger partial charge in [0.2, 0.25) is 5.91 Å². The molecule has 6 nitrogen and oxygen atoms in total. The van der Waals surface area contributed by atoms with Gasteiger partial charge in [-0.1, -0.05) is 37.6 Å². The van der Waals surface area contributed by atoms with Gasteiger partial charge in [0.05, 0.1) is 11.5 Å². The number of rotatable bonds is 7. The van der Waals surface area contributed by atoms with Crippen LogP contribution in [0, 0.1) is 5.92 Å². The molecule has 0 aliphatic carbocycles. The van der Waals surface area contributed by atoms with Gasteiger partial charge >= 0.3 is 0 Å². The molecule has 7 heteroatoms. The zero-order valence-corrected chi connectivity index (χ0v) is 20.1. The Bertz CT molecular complexity index is 907. The first-order valence-corrected chi connectivity index (χ1v) is 11.7. The summed E-state index contributed by atoms with van der Waals surface area (Å²) >= 11 is 5.96. The lowest BCUT2D eigenvalue weighted by molar-refractivity contribution is -0.132. The van der Waals surface area contributed by atoms with Gasteiger partial charge < -0.3 is 15.1 Å². The van der Waals surface area contributed by atoms with Crippen LogP contribution in [0.3, 0.4) is 0 Å². The number of hydrogen-bond acceptors (Lipinski definition) is 4. The summed E-state index contributed by atoms with van der Waals surface area (Å²) < 4.78 is 0. The quantitative estimate of drug-likeness (QED) is 0.672. The summed E-state index contributed by atoms with van der Waals surface area (Å²) in [4.78, 5) is 33.9. The average molecular weight is 457 g/mol. The third-order valence-electron chi connectivity index (χ3n) is 5.87. The van der Waals surface area contributed by atoms with Crippen molar-refractivity contribution >= 4 is 29.2 Å². The molecule has 2 heterocycles. The first-order valence-electron chi connectivity index (χ1n) is 11.3. The fraction of sp³-hybridized carbons (Fsp3) is 0.480. The first kappa shape index (κ1) is 24.1. The Morgan fingerprint density at radius 1 is 1.00 bits per heavy atom. The fourth-order valence-electron chi connectivity index (χ4n) is 4.10. The largest absolute Gasteiger partial charge is 0.353 e. The molecule has 2 aromatic rings. The predicted molar refractivity (Wildman–Crippen MR) is 129 cm³/mol. The van der Waals surface area contributed by atoms with Gasteiger partial charge in [0.15, 0.2) is 0 Å². The number of nitrogens with one attached hydrogen (secondary N) is 1. The Morgan fingerprint density at radius 2 is 1.66 bits per heavy atom. The van der Waals surface area contributed by atoms with Crippen LogP contribution < -0.4 is 10.2 Å². The van der Waals surface area contributed by atoms with E-state index < -0.39 is 0 Å². The zero-order valence-electron chi connectivity index (χ0n) is 19.3. The van der Waals surface area contributed by atoms with Crippen LogP contribution in [-0.4, -0.2) is 53.9 Å². The third-order valence-corrected chi connectivity index (χ3v) is 6.12. The van der Waals surface area contributed by atoms with Crippen LogP contribution >= 0.6 is 11.6 Å². The predicted octanol–water partition coefficient (Wildman–Crippen LogP) is 4.35. The van der Waals surface area contributed by atoms with Crippen LogP contribution in [0.15, 0.2) is 42.6 Å². The molecule has 1 saturated heterocycles. The zero-order chi connectivity index (χ0) is 23.3. The molecule has 1 aromatic carbocycles. The minimum atomic E-state index is -0.201. The molecular formula is C25H33ClN4O2. The lowest BCUT2D eigenvalue weighted by Crippen LogP contribution is -2.50. The number of nitrogens with zero attached hydrogens (tertiary/aromatic N) is 3. The fourth-order valence-corrected chi connectivity index (χ4v) is 4.23. The maximum atomic E-state index is 12.9. The van der Waals surface area contributed by atoms with E-state index in [1.165, 1.54) is 0 Å². The highest BCUT2D eigenvalue weighted by atomic mass is 35.5. The second-order valence-corrected chi connectivity index (χ2v) is 9.43. The molecule has 2 amide bonds. The van der Waals surface area contributed by atoms with E-state index in [4.69, 9.17) is 11.6 Å². The van der Waals surface area contributed by atoms with E-state index in [0.717, 1.165) is 17.8 Å². The highest BCUT2D eigenvalue weighted by Crippen LogP contribution is 2.22. The molecule has 2 unspecified atom stereocenters. The number of carbonyl (C=O) groups is 2. The Morgan fingerprint density at radius 3 is 2.22 bits per heavy atom. The van der Waals surface area contributed by atoms with Crippen molar-refractivity contribution in [3.05, 3.63) is 58.7 Å². The lowest BCUT2D eigenvalue weighted by atomic mass is 9.99. The summed E-state index contributed by atoms with van der Waals surface area (Å²) in [5.41, 5.74) is 1.54. The van der Waals surface area contributed by atoms with Crippen molar-refractivity contribution in [3.63, 3.8) is 0 Å². The summed E-state index contributed by atoms with van der Waals surface area (Å²) in [6, 6.07) is 11.3. The molecule has 0 bridgehead atoms. The topological polar surface area (TPSA) is 65.5 Å². The normalized spacial score (nSPS) is 16.1. The molecule has 1 aromatic heterocycles.